The first kappa shape index (κ1) is 24.5. The predicted octanol–water partition coefficient (Wildman–Crippen LogP) is 4.65. The molecule has 5 rings (SSSR count). The van der Waals surface area contributed by atoms with Crippen molar-refractivity contribution in [1.29, 1.82) is 0 Å². The molecule has 1 fully saturated rings. The molecule has 4 aromatic rings. The van der Waals surface area contributed by atoms with Crippen LogP contribution in [-0.2, 0) is 6.54 Å². The van der Waals surface area contributed by atoms with Crippen molar-refractivity contribution in [2.45, 2.75) is 13.5 Å². The highest BCUT2D eigenvalue weighted by Gasteiger charge is 2.18. The van der Waals surface area contributed by atoms with Gasteiger partial charge in [0, 0.05) is 62.6 Å². The molecule has 37 heavy (non-hydrogen) atoms. The van der Waals surface area contributed by atoms with Crippen LogP contribution in [0.2, 0.25) is 0 Å². The van der Waals surface area contributed by atoms with E-state index in [0.29, 0.717) is 17.2 Å². The van der Waals surface area contributed by atoms with Crippen molar-refractivity contribution >= 4 is 28.9 Å². The van der Waals surface area contributed by atoms with E-state index in [1.54, 1.807) is 30.9 Å². The van der Waals surface area contributed by atoms with Crippen molar-refractivity contribution in [3.8, 4) is 0 Å². The molecular formula is C29H31N7O. The molecule has 0 atom stereocenters. The van der Waals surface area contributed by atoms with E-state index in [9.17, 15) is 4.79 Å². The van der Waals surface area contributed by atoms with Crippen LogP contribution in [0.15, 0.2) is 85.5 Å². The molecule has 0 aliphatic carbocycles. The Bertz CT molecular complexity index is 1280. The monoisotopic (exact) mass is 493 g/mol. The fourth-order valence-electron chi connectivity index (χ4n) is 4.41. The summed E-state index contributed by atoms with van der Waals surface area (Å²) in [6.07, 6.45) is 6.91. The van der Waals surface area contributed by atoms with Crippen LogP contribution >= 0.6 is 0 Å². The van der Waals surface area contributed by atoms with Gasteiger partial charge in [-0.3, -0.25) is 19.6 Å². The van der Waals surface area contributed by atoms with Gasteiger partial charge in [-0.2, -0.15) is 0 Å². The lowest BCUT2D eigenvalue weighted by Crippen LogP contribution is -2.43. The van der Waals surface area contributed by atoms with Gasteiger partial charge in [-0.1, -0.05) is 18.2 Å². The van der Waals surface area contributed by atoms with E-state index < -0.39 is 0 Å². The number of hydrogen-bond acceptors (Lipinski definition) is 7. The zero-order valence-corrected chi connectivity index (χ0v) is 21.2. The molecular weight excluding hydrogens is 462 g/mol. The molecule has 0 spiro atoms. The molecule has 0 unspecified atom stereocenters. The second-order valence-electron chi connectivity index (χ2n) is 9.33. The van der Waals surface area contributed by atoms with Gasteiger partial charge in [-0.15, -0.1) is 0 Å². The number of nitrogens with one attached hydrogen (secondary N) is 1. The number of carbonyl (C=O) groups is 1. The summed E-state index contributed by atoms with van der Waals surface area (Å²) < 4.78 is 0. The highest BCUT2D eigenvalue weighted by Crippen LogP contribution is 2.35. The number of hydrogen-bond donors (Lipinski definition) is 1. The number of nitrogens with zero attached hydrogens (tertiary/aromatic N) is 6. The predicted molar refractivity (Wildman–Crippen MR) is 146 cm³/mol. The van der Waals surface area contributed by atoms with Crippen molar-refractivity contribution in [3.63, 3.8) is 0 Å². The first-order valence-corrected chi connectivity index (χ1v) is 12.5. The van der Waals surface area contributed by atoms with Crippen LogP contribution in [0.4, 0.5) is 23.0 Å². The molecule has 0 radical (unpaired) electrons. The Morgan fingerprint density at radius 3 is 2.41 bits per heavy atom. The number of likely N-dealkylation sites (N-methyl/N-ethyl adjacent to an activating group) is 1. The summed E-state index contributed by atoms with van der Waals surface area (Å²) in [4.78, 5) is 33.0. The maximum Gasteiger partial charge on any atom is 0.255 e. The zero-order chi connectivity index (χ0) is 25.6. The van der Waals surface area contributed by atoms with Crippen LogP contribution in [-0.4, -0.2) is 63.9 Å². The van der Waals surface area contributed by atoms with Crippen LogP contribution in [0, 0.1) is 6.92 Å². The molecule has 188 valence electrons. The lowest BCUT2D eigenvalue weighted by Gasteiger charge is -2.32. The number of carbonyl (C=O) groups excluding carboxylic acids is 1. The van der Waals surface area contributed by atoms with Crippen molar-refractivity contribution in [2.75, 3.05) is 43.4 Å². The standard InChI is InChI=1S/C29H31N7O/c1-22-6-11-25(19-27(22)36(26-5-3-12-30-20-26)29-31-13-4-14-32-29)33-28(37)24-9-7-23(8-10-24)21-35-17-15-34(2)16-18-35/h3-14,19-20H,15-18,21H2,1-2H3,(H,33,37). The average Bonchev–Trinajstić information content (AvgIpc) is 2.93. The van der Waals surface area contributed by atoms with E-state index >= 15 is 0 Å². The zero-order valence-electron chi connectivity index (χ0n) is 21.2. The molecule has 3 heterocycles. The average molecular weight is 494 g/mol. The summed E-state index contributed by atoms with van der Waals surface area (Å²) >= 11 is 0. The lowest BCUT2D eigenvalue weighted by molar-refractivity contribution is 0.102. The molecule has 8 nitrogen and oxygen atoms in total. The fourth-order valence-corrected chi connectivity index (χ4v) is 4.41. The van der Waals surface area contributed by atoms with Crippen molar-refractivity contribution < 1.29 is 4.79 Å². The molecule has 0 saturated carbocycles. The largest absolute Gasteiger partial charge is 0.322 e. The maximum absolute atomic E-state index is 13.1. The summed E-state index contributed by atoms with van der Waals surface area (Å²) in [7, 11) is 2.16. The van der Waals surface area contributed by atoms with E-state index in [-0.39, 0.29) is 5.91 Å². The highest BCUT2D eigenvalue weighted by atomic mass is 16.1. The summed E-state index contributed by atoms with van der Waals surface area (Å²) in [5.74, 6) is 0.378. The SMILES string of the molecule is Cc1ccc(NC(=O)c2ccc(CN3CCN(C)CC3)cc2)cc1N(c1cccnc1)c1ncccn1. The summed E-state index contributed by atoms with van der Waals surface area (Å²) in [5, 5.41) is 3.05. The summed E-state index contributed by atoms with van der Waals surface area (Å²) in [6, 6.07) is 19.3. The van der Waals surface area contributed by atoms with Gasteiger partial charge >= 0.3 is 0 Å². The van der Waals surface area contributed by atoms with Gasteiger partial charge in [0.1, 0.15) is 0 Å². The number of amides is 1. The molecule has 1 N–H and O–H groups in total. The first-order valence-electron chi connectivity index (χ1n) is 12.5. The van der Waals surface area contributed by atoms with Crippen LogP contribution in [0.1, 0.15) is 21.5 Å². The second-order valence-corrected chi connectivity index (χ2v) is 9.33. The molecule has 1 aliphatic rings. The quantitative estimate of drug-likeness (QED) is 0.402. The van der Waals surface area contributed by atoms with Crippen LogP contribution < -0.4 is 10.2 Å². The van der Waals surface area contributed by atoms with Gasteiger partial charge in [0.05, 0.1) is 17.6 Å². The Labute approximate surface area is 217 Å². The number of anilines is 4. The Balaban J connectivity index is 1.33. The fraction of sp³-hybridized carbons (Fsp3) is 0.241. The van der Waals surface area contributed by atoms with Gasteiger partial charge in [0.25, 0.3) is 5.91 Å². The number of aromatic nitrogens is 3. The van der Waals surface area contributed by atoms with Crippen molar-refractivity contribution in [3.05, 3.63) is 102 Å². The third kappa shape index (κ3) is 5.99. The van der Waals surface area contributed by atoms with Crippen LogP contribution in [0.5, 0.6) is 0 Å². The lowest BCUT2D eigenvalue weighted by atomic mass is 10.1. The van der Waals surface area contributed by atoms with E-state index in [1.807, 2.05) is 66.4 Å². The van der Waals surface area contributed by atoms with E-state index in [1.165, 1.54) is 5.56 Å². The van der Waals surface area contributed by atoms with E-state index in [0.717, 1.165) is 49.7 Å². The van der Waals surface area contributed by atoms with Gasteiger partial charge in [0.15, 0.2) is 0 Å². The Morgan fingerprint density at radius 2 is 1.70 bits per heavy atom. The maximum atomic E-state index is 13.1. The number of piperazine rings is 1. The smallest absolute Gasteiger partial charge is 0.255 e. The number of aryl methyl sites for hydroxylation is 1. The Hall–Kier alpha value is -4.14. The molecule has 1 amide bonds. The topological polar surface area (TPSA) is 77.5 Å². The third-order valence-electron chi connectivity index (χ3n) is 6.58. The van der Waals surface area contributed by atoms with Crippen LogP contribution in [0.3, 0.4) is 0 Å². The second kappa shape index (κ2) is 11.3. The van der Waals surface area contributed by atoms with Crippen molar-refractivity contribution in [2.24, 2.45) is 0 Å². The third-order valence-corrected chi connectivity index (χ3v) is 6.58. The van der Waals surface area contributed by atoms with Crippen molar-refractivity contribution in [1.82, 2.24) is 24.8 Å². The number of pyridine rings is 1. The van der Waals surface area contributed by atoms with E-state index in [4.69, 9.17) is 0 Å². The molecule has 0 bridgehead atoms. The minimum atomic E-state index is -0.148. The first-order chi connectivity index (χ1) is 18.1. The van der Waals surface area contributed by atoms with Gasteiger partial charge in [-0.05, 0) is 67.6 Å². The van der Waals surface area contributed by atoms with E-state index in [2.05, 4.69) is 37.1 Å². The summed E-state index contributed by atoms with van der Waals surface area (Å²) in [6.45, 7) is 7.24. The normalized spacial score (nSPS) is 14.3. The minimum absolute atomic E-state index is 0.148. The Morgan fingerprint density at radius 1 is 0.946 bits per heavy atom. The minimum Gasteiger partial charge on any atom is -0.322 e. The Kier molecular flexibility index (Phi) is 7.49. The molecule has 2 aromatic heterocycles. The van der Waals surface area contributed by atoms with Gasteiger partial charge in [0.2, 0.25) is 5.95 Å². The van der Waals surface area contributed by atoms with Gasteiger partial charge < -0.3 is 10.2 Å². The number of rotatable bonds is 7. The molecule has 2 aromatic carbocycles. The molecule has 1 saturated heterocycles. The summed E-state index contributed by atoms with van der Waals surface area (Å²) in [5.41, 5.74) is 5.24. The van der Waals surface area contributed by atoms with Crippen LogP contribution in [0.25, 0.3) is 0 Å². The number of benzene rings is 2. The highest BCUT2D eigenvalue weighted by molar-refractivity contribution is 6.04. The molecule has 8 heteroatoms. The van der Waals surface area contributed by atoms with Gasteiger partial charge in [-0.25, -0.2) is 9.97 Å². The molecule has 1 aliphatic heterocycles.